The van der Waals surface area contributed by atoms with Gasteiger partial charge in [0.2, 0.25) is 11.8 Å². The Morgan fingerprint density at radius 1 is 1.14 bits per heavy atom. The second-order valence-corrected chi connectivity index (χ2v) is 5.76. The molecule has 1 rings (SSSR count). The number of nitrogens with zero attached hydrogens (tertiary/aromatic N) is 2. The van der Waals surface area contributed by atoms with Crippen LogP contribution in [0.3, 0.4) is 0 Å². The lowest BCUT2D eigenvalue weighted by molar-refractivity contribution is -0.123. The Kier molecular flexibility index (Phi) is 6.95. The predicted molar refractivity (Wildman–Crippen MR) is 86.1 cm³/mol. The fraction of sp³-hybridized carbons (Fsp3) is 0.429. The van der Waals surface area contributed by atoms with Crippen LogP contribution in [0, 0.1) is 0 Å². The Morgan fingerprint density at radius 3 is 2.19 bits per heavy atom. The van der Waals surface area contributed by atoms with Gasteiger partial charge in [0.15, 0.2) is 0 Å². The lowest BCUT2D eigenvalue weighted by Gasteiger charge is -2.21. The maximum atomic E-state index is 11.9. The molecule has 2 amide bonds. The monoisotopic (exact) mass is 331 g/mol. The van der Waals surface area contributed by atoms with Crippen LogP contribution < -0.4 is 10.2 Å². The molecule has 0 saturated carbocycles. The van der Waals surface area contributed by atoms with E-state index < -0.39 is 0 Å². The van der Waals surface area contributed by atoms with E-state index in [-0.39, 0.29) is 18.4 Å². The quantitative estimate of drug-likeness (QED) is 0.867. The lowest BCUT2D eigenvalue weighted by atomic mass is 10.2. The third-order valence-corrected chi connectivity index (χ3v) is 3.16. The van der Waals surface area contributed by atoms with E-state index in [1.807, 2.05) is 19.0 Å². The molecule has 1 aromatic rings. The van der Waals surface area contributed by atoms with Crippen molar-refractivity contribution in [2.75, 3.05) is 38.6 Å². The highest BCUT2D eigenvalue weighted by molar-refractivity contribution is 6.35. The van der Waals surface area contributed by atoms with Gasteiger partial charge in [-0.1, -0.05) is 23.2 Å². The van der Waals surface area contributed by atoms with Crippen LogP contribution in [0.25, 0.3) is 0 Å². The highest BCUT2D eigenvalue weighted by atomic mass is 35.5. The largest absolute Gasteiger partial charge is 0.353 e. The molecule has 0 bridgehead atoms. The lowest BCUT2D eigenvalue weighted by Crippen LogP contribution is -2.41. The van der Waals surface area contributed by atoms with Crippen molar-refractivity contribution in [2.45, 2.75) is 6.92 Å². The van der Waals surface area contributed by atoms with Gasteiger partial charge in [-0.25, -0.2) is 0 Å². The van der Waals surface area contributed by atoms with E-state index >= 15 is 0 Å². The summed E-state index contributed by atoms with van der Waals surface area (Å²) in [6.45, 7) is 2.57. The van der Waals surface area contributed by atoms with E-state index in [4.69, 9.17) is 23.2 Å². The van der Waals surface area contributed by atoms with E-state index in [0.717, 1.165) is 6.54 Å². The maximum absolute atomic E-state index is 11.9. The number of nitrogens with one attached hydrogen (secondary N) is 1. The molecule has 116 valence electrons. The maximum Gasteiger partial charge on any atom is 0.240 e. The molecule has 0 atom stereocenters. The molecule has 0 aliphatic rings. The molecule has 0 radical (unpaired) electrons. The number of amides is 2. The normalized spacial score (nSPS) is 10.6. The van der Waals surface area contributed by atoms with Crippen molar-refractivity contribution in [1.29, 1.82) is 0 Å². The van der Waals surface area contributed by atoms with Crippen LogP contribution in [0.15, 0.2) is 18.2 Å². The van der Waals surface area contributed by atoms with E-state index in [1.54, 1.807) is 18.2 Å². The number of hydrogen-bond donors (Lipinski definition) is 1. The molecule has 0 heterocycles. The Labute approximate surface area is 134 Å². The topological polar surface area (TPSA) is 52.7 Å². The Morgan fingerprint density at radius 2 is 1.71 bits per heavy atom. The van der Waals surface area contributed by atoms with E-state index in [2.05, 4.69) is 5.32 Å². The van der Waals surface area contributed by atoms with Crippen LogP contribution >= 0.6 is 23.2 Å². The molecule has 21 heavy (non-hydrogen) atoms. The van der Waals surface area contributed by atoms with E-state index in [1.165, 1.54) is 11.8 Å². The summed E-state index contributed by atoms with van der Waals surface area (Å²) in [5.74, 6) is -0.487. The summed E-state index contributed by atoms with van der Waals surface area (Å²) in [6.07, 6.45) is 0. The first kappa shape index (κ1) is 17.8. The van der Waals surface area contributed by atoms with Crippen LogP contribution in [-0.4, -0.2) is 50.4 Å². The molecule has 1 aromatic carbocycles. The van der Waals surface area contributed by atoms with Gasteiger partial charge in [-0.15, -0.1) is 0 Å². The SMILES string of the molecule is CC(=O)N(CC(=O)NCCN(C)C)c1cc(Cl)cc(Cl)c1. The molecule has 0 aliphatic heterocycles. The number of carbonyl (C=O) groups is 2. The summed E-state index contributed by atoms with van der Waals surface area (Å²) >= 11 is 11.9. The molecule has 0 fully saturated rings. The predicted octanol–water partition coefficient (Wildman–Crippen LogP) is 2.02. The fourth-order valence-electron chi connectivity index (χ4n) is 1.70. The van der Waals surface area contributed by atoms with E-state index in [9.17, 15) is 9.59 Å². The molecular formula is C14H19Cl2N3O2. The highest BCUT2D eigenvalue weighted by Gasteiger charge is 2.16. The Balaban J connectivity index is 2.74. The molecule has 5 nitrogen and oxygen atoms in total. The van der Waals surface area contributed by atoms with Gasteiger partial charge >= 0.3 is 0 Å². The molecule has 0 spiro atoms. The summed E-state index contributed by atoms with van der Waals surface area (Å²) < 4.78 is 0. The third-order valence-electron chi connectivity index (χ3n) is 2.72. The zero-order valence-corrected chi connectivity index (χ0v) is 13.8. The van der Waals surface area contributed by atoms with Crippen molar-refractivity contribution in [2.24, 2.45) is 0 Å². The van der Waals surface area contributed by atoms with Crippen LogP contribution in [0.4, 0.5) is 5.69 Å². The highest BCUT2D eigenvalue weighted by Crippen LogP contribution is 2.25. The average molecular weight is 332 g/mol. The number of likely N-dealkylation sites (N-methyl/N-ethyl adjacent to an activating group) is 1. The number of anilines is 1. The van der Waals surface area contributed by atoms with Gasteiger partial charge in [0.05, 0.1) is 0 Å². The van der Waals surface area contributed by atoms with Gasteiger partial charge in [0, 0.05) is 35.7 Å². The minimum Gasteiger partial charge on any atom is -0.353 e. The molecule has 1 N–H and O–H groups in total. The summed E-state index contributed by atoms with van der Waals surface area (Å²) in [5, 5.41) is 3.59. The molecular weight excluding hydrogens is 313 g/mol. The van der Waals surface area contributed by atoms with Gasteiger partial charge < -0.3 is 15.1 Å². The summed E-state index contributed by atoms with van der Waals surface area (Å²) in [5.41, 5.74) is 0.503. The number of rotatable bonds is 6. The van der Waals surface area contributed by atoms with Gasteiger partial charge in [-0.3, -0.25) is 9.59 Å². The van der Waals surface area contributed by atoms with Gasteiger partial charge in [-0.05, 0) is 32.3 Å². The van der Waals surface area contributed by atoms with Gasteiger partial charge in [-0.2, -0.15) is 0 Å². The van der Waals surface area contributed by atoms with Crippen molar-refractivity contribution in [3.05, 3.63) is 28.2 Å². The minimum absolute atomic E-state index is 0.0700. The van der Waals surface area contributed by atoms with Gasteiger partial charge in [0.25, 0.3) is 0 Å². The number of benzene rings is 1. The smallest absolute Gasteiger partial charge is 0.240 e. The Hall–Kier alpha value is -1.30. The molecule has 7 heteroatoms. The van der Waals surface area contributed by atoms with Crippen molar-refractivity contribution < 1.29 is 9.59 Å². The van der Waals surface area contributed by atoms with E-state index in [0.29, 0.717) is 22.3 Å². The number of halogens is 2. The van der Waals surface area contributed by atoms with Gasteiger partial charge in [0.1, 0.15) is 6.54 Å². The molecule has 0 aliphatic carbocycles. The Bertz CT molecular complexity index is 501. The van der Waals surface area contributed by atoms with Crippen molar-refractivity contribution >= 4 is 40.7 Å². The minimum atomic E-state index is -0.254. The number of hydrogen-bond acceptors (Lipinski definition) is 3. The zero-order valence-electron chi connectivity index (χ0n) is 12.3. The zero-order chi connectivity index (χ0) is 16.0. The average Bonchev–Trinajstić information content (AvgIpc) is 2.33. The fourth-order valence-corrected chi connectivity index (χ4v) is 2.21. The standard InChI is InChI=1S/C14H19Cl2N3O2/c1-10(20)19(9-14(21)17-4-5-18(2)3)13-7-11(15)6-12(16)8-13/h6-8H,4-5,9H2,1-3H3,(H,17,21). The second kappa shape index (κ2) is 8.22. The first-order valence-electron chi connectivity index (χ1n) is 6.45. The second-order valence-electron chi connectivity index (χ2n) is 4.89. The van der Waals surface area contributed by atoms with Crippen molar-refractivity contribution in [3.8, 4) is 0 Å². The summed E-state index contributed by atoms with van der Waals surface area (Å²) in [7, 11) is 3.84. The van der Waals surface area contributed by atoms with Crippen molar-refractivity contribution in [1.82, 2.24) is 10.2 Å². The van der Waals surface area contributed by atoms with Crippen LogP contribution in [-0.2, 0) is 9.59 Å². The van der Waals surface area contributed by atoms with Crippen molar-refractivity contribution in [3.63, 3.8) is 0 Å². The first-order chi connectivity index (χ1) is 9.79. The molecule has 0 unspecified atom stereocenters. The first-order valence-corrected chi connectivity index (χ1v) is 7.21. The van der Waals surface area contributed by atoms with Crippen LogP contribution in [0.5, 0.6) is 0 Å². The number of carbonyl (C=O) groups excluding carboxylic acids is 2. The van der Waals surface area contributed by atoms with Crippen LogP contribution in [0.1, 0.15) is 6.92 Å². The molecule has 0 aromatic heterocycles. The summed E-state index contributed by atoms with van der Waals surface area (Å²) in [4.78, 5) is 26.9. The summed E-state index contributed by atoms with van der Waals surface area (Å²) in [6, 6.07) is 4.77. The molecule has 0 saturated heterocycles. The van der Waals surface area contributed by atoms with Crippen LogP contribution in [0.2, 0.25) is 10.0 Å². The third kappa shape index (κ3) is 6.33.